The number of hydrogen-bond acceptors (Lipinski definition) is 4. The Kier molecular flexibility index (Phi) is 4.40. The zero-order valence-electron chi connectivity index (χ0n) is 12.4. The molecule has 1 saturated carbocycles. The van der Waals surface area contributed by atoms with Crippen molar-refractivity contribution in [2.24, 2.45) is 5.73 Å². The van der Waals surface area contributed by atoms with Gasteiger partial charge >= 0.3 is 0 Å². The Bertz CT molecular complexity index is 417. The molecule has 4 nitrogen and oxygen atoms in total. The van der Waals surface area contributed by atoms with Gasteiger partial charge in [-0.15, -0.1) is 0 Å². The Morgan fingerprint density at radius 2 is 2.00 bits per heavy atom. The monoisotopic (exact) mass is 262 g/mol. The average molecular weight is 262 g/mol. The number of rotatable bonds is 4. The van der Waals surface area contributed by atoms with Gasteiger partial charge in [0.15, 0.2) is 0 Å². The maximum Gasteiger partial charge on any atom is 0.131 e. The Morgan fingerprint density at radius 1 is 1.32 bits per heavy atom. The average Bonchev–Trinajstić information content (AvgIpc) is 2.89. The molecular formula is C15H26N4. The number of nitrogens with one attached hydrogen (secondary N) is 1. The molecule has 0 unspecified atom stereocenters. The van der Waals surface area contributed by atoms with E-state index in [1.807, 2.05) is 6.20 Å². The first kappa shape index (κ1) is 14.3. The first-order valence-corrected chi connectivity index (χ1v) is 7.33. The highest BCUT2D eigenvalue weighted by molar-refractivity contribution is 5.49. The molecule has 0 saturated heterocycles. The molecule has 0 radical (unpaired) electrons. The summed E-state index contributed by atoms with van der Waals surface area (Å²) in [7, 11) is 0. The molecule has 1 aliphatic carbocycles. The van der Waals surface area contributed by atoms with E-state index in [4.69, 9.17) is 10.7 Å². The number of nitrogens with two attached hydrogens (primary N) is 1. The van der Waals surface area contributed by atoms with Gasteiger partial charge in [-0.2, -0.15) is 0 Å². The summed E-state index contributed by atoms with van der Waals surface area (Å²) < 4.78 is 0. The SMILES string of the molecule is CC(C)(C)c1nc(C2CCCC2)ncc1NCCN. The summed E-state index contributed by atoms with van der Waals surface area (Å²) in [6.45, 7) is 7.97. The molecule has 3 N–H and O–H groups in total. The molecular weight excluding hydrogens is 236 g/mol. The zero-order chi connectivity index (χ0) is 13.9. The van der Waals surface area contributed by atoms with Gasteiger partial charge in [0.25, 0.3) is 0 Å². The molecule has 1 aromatic rings. The lowest BCUT2D eigenvalue weighted by Crippen LogP contribution is -2.22. The van der Waals surface area contributed by atoms with Crippen LogP contribution in [-0.2, 0) is 5.41 Å². The predicted molar refractivity (Wildman–Crippen MR) is 79.5 cm³/mol. The van der Waals surface area contributed by atoms with Crippen LogP contribution in [0.4, 0.5) is 5.69 Å². The quantitative estimate of drug-likeness (QED) is 0.875. The second-order valence-corrected chi connectivity index (χ2v) is 6.44. The van der Waals surface area contributed by atoms with E-state index in [2.05, 4.69) is 31.1 Å². The fourth-order valence-corrected chi connectivity index (χ4v) is 2.68. The molecule has 0 spiro atoms. The van der Waals surface area contributed by atoms with Crippen molar-refractivity contribution in [1.29, 1.82) is 0 Å². The fourth-order valence-electron chi connectivity index (χ4n) is 2.68. The predicted octanol–water partition coefficient (Wildman–Crippen LogP) is 2.80. The van der Waals surface area contributed by atoms with Crippen LogP contribution in [0, 0.1) is 0 Å². The van der Waals surface area contributed by atoms with E-state index in [-0.39, 0.29) is 5.41 Å². The molecule has 0 atom stereocenters. The first-order valence-electron chi connectivity index (χ1n) is 7.33. The zero-order valence-corrected chi connectivity index (χ0v) is 12.4. The summed E-state index contributed by atoms with van der Waals surface area (Å²) in [4.78, 5) is 9.44. The van der Waals surface area contributed by atoms with Crippen molar-refractivity contribution >= 4 is 5.69 Å². The molecule has 1 aliphatic rings. The summed E-state index contributed by atoms with van der Waals surface area (Å²) in [6, 6.07) is 0. The van der Waals surface area contributed by atoms with E-state index in [1.165, 1.54) is 25.7 Å². The summed E-state index contributed by atoms with van der Waals surface area (Å²) >= 11 is 0. The van der Waals surface area contributed by atoms with Gasteiger partial charge < -0.3 is 11.1 Å². The molecule has 0 aromatic carbocycles. The van der Waals surface area contributed by atoms with Gasteiger partial charge in [-0.25, -0.2) is 9.97 Å². The van der Waals surface area contributed by atoms with Crippen molar-refractivity contribution in [1.82, 2.24) is 9.97 Å². The number of hydrogen-bond donors (Lipinski definition) is 2. The number of aromatic nitrogens is 2. The topological polar surface area (TPSA) is 63.8 Å². The Morgan fingerprint density at radius 3 is 2.58 bits per heavy atom. The van der Waals surface area contributed by atoms with Gasteiger partial charge in [0, 0.05) is 24.4 Å². The van der Waals surface area contributed by atoms with Gasteiger partial charge in [-0.1, -0.05) is 33.6 Å². The van der Waals surface area contributed by atoms with E-state index >= 15 is 0 Å². The summed E-state index contributed by atoms with van der Waals surface area (Å²) in [6.07, 6.45) is 7.04. The first-order chi connectivity index (χ1) is 9.02. The lowest BCUT2D eigenvalue weighted by Gasteiger charge is -2.23. The second-order valence-electron chi connectivity index (χ2n) is 6.44. The lowest BCUT2D eigenvalue weighted by molar-refractivity contribution is 0.554. The molecule has 2 rings (SSSR count). The molecule has 1 aromatic heterocycles. The van der Waals surface area contributed by atoms with E-state index in [1.54, 1.807) is 0 Å². The maximum atomic E-state index is 5.56. The Hall–Kier alpha value is -1.16. The molecule has 1 fully saturated rings. The molecule has 0 aliphatic heterocycles. The molecule has 1 heterocycles. The lowest BCUT2D eigenvalue weighted by atomic mass is 9.90. The summed E-state index contributed by atoms with van der Waals surface area (Å²) in [5, 5.41) is 3.34. The van der Waals surface area contributed by atoms with Gasteiger partial charge in [0.05, 0.1) is 17.6 Å². The van der Waals surface area contributed by atoms with E-state index in [9.17, 15) is 0 Å². The third-order valence-corrected chi connectivity index (χ3v) is 3.70. The van der Waals surface area contributed by atoms with Crippen LogP contribution in [0.3, 0.4) is 0 Å². The highest BCUT2D eigenvalue weighted by Crippen LogP contribution is 2.34. The Labute approximate surface area is 116 Å². The van der Waals surface area contributed by atoms with Crippen molar-refractivity contribution in [3.8, 4) is 0 Å². The van der Waals surface area contributed by atoms with Crippen LogP contribution < -0.4 is 11.1 Å². The summed E-state index contributed by atoms with van der Waals surface area (Å²) in [5.41, 5.74) is 7.72. The van der Waals surface area contributed by atoms with Crippen molar-refractivity contribution < 1.29 is 0 Å². The summed E-state index contributed by atoms with van der Waals surface area (Å²) in [5.74, 6) is 1.59. The van der Waals surface area contributed by atoms with Crippen LogP contribution >= 0.6 is 0 Å². The molecule has 4 heteroatoms. The maximum absolute atomic E-state index is 5.56. The third-order valence-electron chi connectivity index (χ3n) is 3.70. The van der Waals surface area contributed by atoms with E-state index in [0.717, 1.165) is 23.8 Å². The molecule has 106 valence electrons. The van der Waals surface area contributed by atoms with Gasteiger partial charge in [-0.3, -0.25) is 0 Å². The van der Waals surface area contributed by atoms with Crippen molar-refractivity contribution in [3.63, 3.8) is 0 Å². The fraction of sp³-hybridized carbons (Fsp3) is 0.733. The van der Waals surface area contributed by atoms with Gasteiger partial charge in [-0.05, 0) is 12.8 Å². The van der Waals surface area contributed by atoms with Crippen LogP contribution in [0.15, 0.2) is 6.20 Å². The van der Waals surface area contributed by atoms with Crippen LogP contribution in [0.25, 0.3) is 0 Å². The third kappa shape index (κ3) is 3.44. The minimum Gasteiger partial charge on any atom is -0.381 e. The van der Waals surface area contributed by atoms with E-state index in [0.29, 0.717) is 12.5 Å². The van der Waals surface area contributed by atoms with Crippen molar-refractivity contribution in [2.75, 3.05) is 18.4 Å². The molecule has 19 heavy (non-hydrogen) atoms. The van der Waals surface area contributed by atoms with Crippen molar-refractivity contribution in [2.45, 2.75) is 57.8 Å². The highest BCUT2D eigenvalue weighted by atomic mass is 15.0. The molecule has 0 bridgehead atoms. The van der Waals surface area contributed by atoms with Gasteiger partial charge in [0.1, 0.15) is 5.82 Å². The van der Waals surface area contributed by atoms with Crippen LogP contribution in [0.1, 0.15) is 63.9 Å². The standard InChI is InChI=1S/C15H26N4/c1-15(2,3)13-12(17-9-8-16)10-18-14(19-13)11-6-4-5-7-11/h10-11,17H,4-9,16H2,1-3H3. The number of anilines is 1. The largest absolute Gasteiger partial charge is 0.381 e. The normalized spacial score (nSPS) is 16.8. The smallest absolute Gasteiger partial charge is 0.131 e. The molecule has 0 amide bonds. The minimum absolute atomic E-state index is 0.0211. The van der Waals surface area contributed by atoms with Crippen molar-refractivity contribution in [3.05, 3.63) is 17.7 Å². The number of nitrogens with zero attached hydrogens (tertiary/aromatic N) is 2. The highest BCUT2D eigenvalue weighted by Gasteiger charge is 2.25. The van der Waals surface area contributed by atoms with Crippen LogP contribution in [0.5, 0.6) is 0 Å². The van der Waals surface area contributed by atoms with Gasteiger partial charge in [0.2, 0.25) is 0 Å². The van der Waals surface area contributed by atoms with Crippen LogP contribution in [-0.4, -0.2) is 23.1 Å². The van der Waals surface area contributed by atoms with Crippen LogP contribution in [0.2, 0.25) is 0 Å². The van der Waals surface area contributed by atoms with E-state index < -0.39 is 0 Å². The Balaban J connectivity index is 2.29. The second kappa shape index (κ2) is 5.87. The minimum atomic E-state index is 0.0211.